The molecule has 1 aromatic rings. The van der Waals surface area contributed by atoms with Crippen LogP contribution in [0.4, 0.5) is 17.6 Å². The number of alkyl halides is 3. The first-order chi connectivity index (χ1) is 8.93. The second-order valence-electron chi connectivity index (χ2n) is 5.54. The van der Waals surface area contributed by atoms with E-state index in [4.69, 9.17) is 0 Å². The molecule has 104 valence electrons. The highest BCUT2D eigenvalue weighted by atomic mass is 19.4. The van der Waals surface area contributed by atoms with Crippen LogP contribution in [0.2, 0.25) is 0 Å². The molecule has 1 aromatic carbocycles. The van der Waals surface area contributed by atoms with Crippen LogP contribution in [0.5, 0.6) is 0 Å². The molecular formula is C14H15F4N. The highest BCUT2D eigenvalue weighted by Gasteiger charge is 2.36. The maximum atomic E-state index is 13.9. The van der Waals surface area contributed by atoms with Gasteiger partial charge in [0.1, 0.15) is 5.82 Å². The van der Waals surface area contributed by atoms with Crippen molar-refractivity contribution in [2.24, 2.45) is 0 Å². The molecular weight excluding hydrogens is 258 g/mol. The fourth-order valence-electron chi connectivity index (χ4n) is 3.35. The highest BCUT2D eigenvalue weighted by molar-refractivity contribution is 5.30. The number of hydrogen-bond acceptors (Lipinski definition) is 1. The van der Waals surface area contributed by atoms with E-state index >= 15 is 0 Å². The number of nitrogens with one attached hydrogen (secondary N) is 1. The predicted molar refractivity (Wildman–Crippen MR) is 63.3 cm³/mol. The lowest BCUT2D eigenvalue weighted by molar-refractivity contribution is -0.137. The van der Waals surface area contributed by atoms with E-state index in [9.17, 15) is 17.6 Å². The van der Waals surface area contributed by atoms with Crippen LogP contribution >= 0.6 is 0 Å². The molecule has 0 saturated carbocycles. The minimum Gasteiger partial charge on any atom is -0.311 e. The maximum absolute atomic E-state index is 13.9. The van der Waals surface area contributed by atoms with E-state index in [-0.39, 0.29) is 5.92 Å². The normalized spacial score (nSPS) is 30.6. The van der Waals surface area contributed by atoms with Crippen molar-refractivity contribution in [2.75, 3.05) is 0 Å². The van der Waals surface area contributed by atoms with Gasteiger partial charge in [-0.2, -0.15) is 13.2 Å². The van der Waals surface area contributed by atoms with Gasteiger partial charge in [-0.1, -0.05) is 6.07 Å². The molecule has 0 amide bonds. The quantitative estimate of drug-likeness (QED) is 0.766. The predicted octanol–water partition coefficient (Wildman–Crippen LogP) is 3.84. The molecule has 2 aliphatic heterocycles. The Bertz CT molecular complexity index is 471. The lowest BCUT2D eigenvalue weighted by atomic mass is 9.85. The first kappa shape index (κ1) is 12.9. The molecule has 2 heterocycles. The third-order valence-electron chi connectivity index (χ3n) is 4.24. The first-order valence-corrected chi connectivity index (χ1v) is 6.56. The number of benzene rings is 1. The van der Waals surface area contributed by atoms with Crippen LogP contribution in [0.15, 0.2) is 18.2 Å². The van der Waals surface area contributed by atoms with Gasteiger partial charge in [-0.3, -0.25) is 0 Å². The Morgan fingerprint density at radius 2 is 1.68 bits per heavy atom. The van der Waals surface area contributed by atoms with Crippen LogP contribution < -0.4 is 5.32 Å². The second kappa shape index (κ2) is 4.47. The summed E-state index contributed by atoms with van der Waals surface area (Å²) in [5.74, 6) is -0.679. The lowest BCUT2D eigenvalue weighted by Crippen LogP contribution is -2.37. The minimum absolute atomic E-state index is 0.0426. The second-order valence-corrected chi connectivity index (χ2v) is 5.54. The van der Waals surface area contributed by atoms with Crippen molar-refractivity contribution in [3.05, 3.63) is 35.1 Å². The van der Waals surface area contributed by atoms with Crippen LogP contribution in [0.25, 0.3) is 0 Å². The van der Waals surface area contributed by atoms with E-state index in [1.54, 1.807) is 0 Å². The van der Waals surface area contributed by atoms with Gasteiger partial charge >= 0.3 is 6.18 Å². The lowest BCUT2D eigenvalue weighted by Gasteiger charge is -2.29. The highest BCUT2D eigenvalue weighted by Crippen LogP contribution is 2.39. The van der Waals surface area contributed by atoms with Crippen molar-refractivity contribution in [1.82, 2.24) is 5.32 Å². The van der Waals surface area contributed by atoms with E-state index in [0.717, 1.165) is 31.7 Å². The first-order valence-electron chi connectivity index (χ1n) is 6.56. The molecule has 2 atom stereocenters. The average Bonchev–Trinajstić information content (AvgIpc) is 2.67. The summed E-state index contributed by atoms with van der Waals surface area (Å²) in [5.41, 5.74) is -0.475. The van der Waals surface area contributed by atoms with Crippen molar-refractivity contribution in [2.45, 2.75) is 49.9 Å². The number of hydrogen-bond donors (Lipinski definition) is 1. The largest absolute Gasteiger partial charge is 0.416 e. The van der Waals surface area contributed by atoms with Crippen molar-refractivity contribution in [1.29, 1.82) is 0 Å². The van der Waals surface area contributed by atoms with Crippen LogP contribution in [-0.4, -0.2) is 12.1 Å². The van der Waals surface area contributed by atoms with Gasteiger partial charge in [0.2, 0.25) is 0 Å². The zero-order valence-electron chi connectivity index (χ0n) is 10.3. The Morgan fingerprint density at radius 1 is 1.05 bits per heavy atom. The average molecular weight is 273 g/mol. The minimum atomic E-state index is -4.48. The van der Waals surface area contributed by atoms with Gasteiger partial charge in [-0.25, -0.2) is 4.39 Å². The summed E-state index contributed by atoms with van der Waals surface area (Å²) in [6.07, 6.45) is -0.670. The summed E-state index contributed by atoms with van der Waals surface area (Å²) in [6.45, 7) is 0. The molecule has 2 saturated heterocycles. The summed E-state index contributed by atoms with van der Waals surface area (Å²) >= 11 is 0. The Labute approximate surface area is 109 Å². The maximum Gasteiger partial charge on any atom is 0.416 e. The molecule has 19 heavy (non-hydrogen) atoms. The molecule has 2 bridgehead atoms. The summed E-state index contributed by atoms with van der Waals surface area (Å²) in [4.78, 5) is 0. The van der Waals surface area contributed by atoms with Crippen molar-refractivity contribution in [3.8, 4) is 0 Å². The topological polar surface area (TPSA) is 12.0 Å². The van der Waals surface area contributed by atoms with E-state index in [0.29, 0.717) is 23.7 Å². The number of halogens is 4. The van der Waals surface area contributed by atoms with Gasteiger partial charge in [0, 0.05) is 12.1 Å². The van der Waals surface area contributed by atoms with Crippen LogP contribution in [-0.2, 0) is 6.18 Å². The Hall–Kier alpha value is -1.10. The number of rotatable bonds is 1. The fourth-order valence-corrected chi connectivity index (χ4v) is 3.35. The number of fused-ring (bicyclic) bond motifs is 2. The summed E-state index contributed by atoms with van der Waals surface area (Å²) in [7, 11) is 0. The molecule has 1 nitrogen and oxygen atoms in total. The van der Waals surface area contributed by atoms with E-state index < -0.39 is 17.6 Å². The van der Waals surface area contributed by atoms with Gasteiger partial charge in [-0.05, 0) is 49.3 Å². The van der Waals surface area contributed by atoms with Crippen molar-refractivity contribution in [3.63, 3.8) is 0 Å². The zero-order valence-corrected chi connectivity index (χ0v) is 10.3. The summed E-state index contributed by atoms with van der Waals surface area (Å²) in [5, 5.41) is 3.44. The standard InChI is InChI=1S/C14H15F4N/c15-13-7-9(14(16,17)18)1-4-12(13)8-5-10-2-3-11(6-8)19-10/h1,4,7-8,10-11,19H,2-3,5-6H2. The third kappa shape index (κ3) is 2.48. The molecule has 2 unspecified atom stereocenters. The molecule has 3 rings (SSSR count). The smallest absolute Gasteiger partial charge is 0.311 e. The zero-order chi connectivity index (χ0) is 13.6. The van der Waals surface area contributed by atoms with Crippen LogP contribution in [0.1, 0.15) is 42.7 Å². The summed E-state index contributed by atoms with van der Waals surface area (Å²) in [6, 6.07) is 3.71. The Morgan fingerprint density at radius 3 is 2.21 bits per heavy atom. The SMILES string of the molecule is Fc1cc(C(F)(F)F)ccc1C1CC2CCC(C1)N2. The van der Waals surface area contributed by atoms with Gasteiger partial charge in [0.15, 0.2) is 0 Å². The fraction of sp³-hybridized carbons (Fsp3) is 0.571. The molecule has 0 aromatic heterocycles. The van der Waals surface area contributed by atoms with E-state index in [1.807, 2.05) is 0 Å². The van der Waals surface area contributed by atoms with Crippen molar-refractivity contribution < 1.29 is 17.6 Å². The summed E-state index contributed by atoms with van der Waals surface area (Å²) < 4.78 is 51.4. The third-order valence-corrected chi connectivity index (χ3v) is 4.24. The monoisotopic (exact) mass is 273 g/mol. The molecule has 0 aliphatic carbocycles. The number of piperidine rings is 1. The molecule has 5 heteroatoms. The van der Waals surface area contributed by atoms with Crippen LogP contribution in [0.3, 0.4) is 0 Å². The van der Waals surface area contributed by atoms with Gasteiger partial charge in [0.25, 0.3) is 0 Å². The molecule has 1 N–H and O–H groups in total. The molecule has 0 spiro atoms. The van der Waals surface area contributed by atoms with Gasteiger partial charge in [0.05, 0.1) is 5.56 Å². The molecule has 0 radical (unpaired) electrons. The Balaban J connectivity index is 1.85. The van der Waals surface area contributed by atoms with Gasteiger partial charge in [-0.15, -0.1) is 0 Å². The van der Waals surface area contributed by atoms with E-state index in [1.165, 1.54) is 6.07 Å². The molecule has 2 fully saturated rings. The Kier molecular flexibility index (Phi) is 3.04. The van der Waals surface area contributed by atoms with Crippen LogP contribution in [0, 0.1) is 5.82 Å². The van der Waals surface area contributed by atoms with E-state index in [2.05, 4.69) is 5.32 Å². The van der Waals surface area contributed by atoms with Gasteiger partial charge < -0.3 is 5.32 Å². The molecule has 2 aliphatic rings. The van der Waals surface area contributed by atoms with Crippen molar-refractivity contribution >= 4 is 0 Å².